The third-order valence-corrected chi connectivity index (χ3v) is 2.75. The maximum absolute atomic E-state index is 5.76. The minimum atomic E-state index is -0.0955. The summed E-state index contributed by atoms with van der Waals surface area (Å²) < 4.78 is 1.96. The van der Waals surface area contributed by atoms with Gasteiger partial charge in [0.2, 0.25) is 0 Å². The van der Waals surface area contributed by atoms with E-state index in [1.165, 1.54) is 0 Å². The summed E-state index contributed by atoms with van der Waals surface area (Å²) >= 11 is 0. The molecular weight excluding hydrogens is 200 g/mol. The molecular formula is C12H22N4. The molecule has 0 saturated carbocycles. The average Bonchev–Trinajstić information content (AvgIpc) is 2.64. The first-order chi connectivity index (χ1) is 7.50. The highest BCUT2D eigenvalue weighted by molar-refractivity contribution is 5.01. The summed E-state index contributed by atoms with van der Waals surface area (Å²) in [5, 5.41) is 4.24. The van der Waals surface area contributed by atoms with Crippen molar-refractivity contribution < 1.29 is 0 Å². The van der Waals surface area contributed by atoms with E-state index in [4.69, 9.17) is 5.73 Å². The maximum atomic E-state index is 5.76. The van der Waals surface area contributed by atoms with E-state index in [1.54, 1.807) is 6.33 Å². The lowest BCUT2D eigenvalue weighted by Gasteiger charge is -2.23. The molecule has 0 fully saturated rings. The first-order valence-corrected chi connectivity index (χ1v) is 5.71. The van der Waals surface area contributed by atoms with Crippen LogP contribution >= 0.6 is 0 Å². The Morgan fingerprint density at radius 3 is 2.81 bits per heavy atom. The molecule has 1 aromatic heterocycles. The highest BCUT2D eigenvalue weighted by Gasteiger charge is 2.22. The third-order valence-electron chi connectivity index (χ3n) is 2.75. The van der Waals surface area contributed by atoms with Crippen molar-refractivity contribution in [3.8, 4) is 0 Å². The van der Waals surface area contributed by atoms with Crippen LogP contribution in [0.4, 0.5) is 0 Å². The van der Waals surface area contributed by atoms with Gasteiger partial charge in [0.05, 0.1) is 0 Å². The average molecular weight is 222 g/mol. The standard InChI is InChI=1S/C12H22N4/c1-5-12(4,8-13)6-11-14-9-15-16(11)7-10(2)3/h5,9-10H,1,6-8,13H2,2-4H3. The van der Waals surface area contributed by atoms with Crippen LogP contribution in [0, 0.1) is 11.3 Å². The van der Waals surface area contributed by atoms with Crippen LogP contribution in [0.25, 0.3) is 0 Å². The molecule has 1 atom stereocenters. The van der Waals surface area contributed by atoms with E-state index in [2.05, 4.69) is 37.4 Å². The number of rotatable bonds is 6. The Hall–Kier alpha value is -1.16. The molecule has 0 aliphatic carbocycles. The molecule has 1 aromatic rings. The molecule has 2 N–H and O–H groups in total. The van der Waals surface area contributed by atoms with Crippen LogP contribution in [-0.4, -0.2) is 21.3 Å². The second-order valence-electron chi connectivity index (χ2n) is 4.99. The molecule has 4 heteroatoms. The minimum Gasteiger partial charge on any atom is -0.330 e. The van der Waals surface area contributed by atoms with E-state index in [-0.39, 0.29) is 5.41 Å². The second-order valence-corrected chi connectivity index (χ2v) is 4.99. The van der Waals surface area contributed by atoms with Gasteiger partial charge in [-0.2, -0.15) is 5.10 Å². The zero-order valence-corrected chi connectivity index (χ0v) is 10.5. The van der Waals surface area contributed by atoms with Crippen molar-refractivity contribution in [3.63, 3.8) is 0 Å². The number of hydrogen-bond donors (Lipinski definition) is 1. The molecule has 90 valence electrons. The van der Waals surface area contributed by atoms with Gasteiger partial charge in [-0.3, -0.25) is 0 Å². The molecule has 1 unspecified atom stereocenters. The van der Waals surface area contributed by atoms with Crippen molar-refractivity contribution in [3.05, 3.63) is 24.8 Å². The summed E-state index contributed by atoms with van der Waals surface area (Å²) in [5.74, 6) is 1.55. The zero-order valence-electron chi connectivity index (χ0n) is 10.5. The van der Waals surface area contributed by atoms with Crippen molar-refractivity contribution in [2.45, 2.75) is 33.7 Å². The lowest BCUT2D eigenvalue weighted by Crippen LogP contribution is -2.29. The monoisotopic (exact) mass is 222 g/mol. The van der Waals surface area contributed by atoms with Crippen LogP contribution in [0.1, 0.15) is 26.6 Å². The predicted octanol–water partition coefficient (Wildman–Crippen LogP) is 1.63. The van der Waals surface area contributed by atoms with E-state index in [9.17, 15) is 0 Å². The van der Waals surface area contributed by atoms with Gasteiger partial charge in [-0.05, 0) is 5.92 Å². The topological polar surface area (TPSA) is 56.7 Å². The van der Waals surface area contributed by atoms with Gasteiger partial charge in [-0.25, -0.2) is 9.67 Å². The highest BCUT2D eigenvalue weighted by Crippen LogP contribution is 2.21. The van der Waals surface area contributed by atoms with E-state index in [0.29, 0.717) is 12.5 Å². The summed E-state index contributed by atoms with van der Waals surface area (Å²) in [4.78, 5) is 4.30. The lowest BCUT2D eigenvalue weighted by atomic mass is 9.87. The first-order valence-electron chi connectivity index (χ1n) is 5.71. The number of aromatic nitrogens is 3. The summed E-state index contributed by atoms with van der Waals surface area (Å²) in [7, 11) is 0. The normalized spacial score (nSPS) is 15.1. The van der Waals surface area contributed by atoms with Crippen LogP contribution in [0.15, 0.2) is 19.0 Å². The van der Waals surface area contributed by atoms with E-state index >= 15 is 0 Å². The van der Waals surface area contributed by atoms with Gasteiger partial charge in [0.1, 0.15) is 12.2 Å². The Balaban J connectivity index is 2.80. The molecule has 0 bridgehead atoms. The Bertz CT molecular complexity index is 343. The smallest absolute Gasteiger partial charge is 0.138 e. The predicted molar refractivity (Wildman–Crippen MR) is 65.9 cm³/mol. The highest BCUT2D eigenvalue weighted by atomic mass is 15.3. The molecule has 0 radical (unpaired) electrons. The van der Waals surface area contributed by atoms with Crippen LogP contribution in [-0.2, 0) is 13.0 Å². The third kappa shape index (κ3) is 3.17. The molecule has 0 saturated heterocycles. The number of nitrogens with zero attached hydrogens (tertiary/aromatic N) is 3. The van der Waals surface area contributed by atoms with E-state index < -0.39 is 0 Å². The van der Waals surface area contributed by atoms with Crippen molar-refractivity contribution in [1.82, 2.24) is 14.8 Å². The molecule has 0 aliphatic rings. The first kappa shape index (κ1) is 12.9. The van der Waals surface area contributed by atoms with Crippen LogP contribution in [0.3, 0.4) is 0 Å². The maximum Gasteiger partial charge on any atom is 0.138 e. The van der Waals surface area contributed by atoms with Gasteiger partial charge in [-0.15, -0.1) is 6.58 Å². The number of nitrogens with two attached hydrogens (primary N) is 1. The Kier molecular flexibility index (Phi) is 4.24. The molecule has 1 rings (SSSR count). The minimum absolute atomic E-state index is 0.0955. The van der Waals surface area contributed by atoms with Gasteiger partial charge in [0, 0.05) is 24.9 Å². The van der Waals surface area contributed by atoms with E-state index in [1.807, 2.05) is 10.8 Å². The fourth-order valence-electron chi connectivity index (χ4n) is 1.51. The summed E-state index contributed by atoms with van der Waals surface area (Å²) in [6.45, 7) is 11.7. The molecule has 0 aromatic carbocycles. The molecule has 0 aliphatic heterocycles. The summed E-state index contributed by atoms with van der Waals surface area (Å²) in [5.41, 5.74) is 5.66. The largest absolute Gasteiger partial charge is 0.330 e. The van der Waals surface area contributed by atoms with Gasteiger partial charge >= 0.3 is 0 Å². The van der Waals surface area contributed by atoms with Crippen LogP contribution < -0.4 is 5.73 Å². The lowest BCUT2D eigenvalue weighted by molar-refractivity contribution is 0.395. The van der Waals surface area contributed by atoms with E-state index in [0.717, 1.165) is 18.8 Å². The Labute approximate surface area is 97.6 Å². The molecule has 0 amide bonds. The van der Waals surface area contributed by atoms with Crippen LogP contribution in [0.2, 0.25) is 0 Å². The van der Waals surface area contributed by atoms with Gasteiger partial charge in [0.25, 0.3) is 0 Å². The Morgan fingerprint density at radius 1 is 1.62 bits per heavy atom. The molecule has 4 nitrogen and oxygen atoms in total. The summed E-state index contributed by atoms with van der Waals surface area (Å²) in [6, 6.07) is 0. The summed E-state index contributed by atoms with van der Waals surface area (Å²) in [6.07, 6.45) is 4.30. The SMILES string of the molecule is C=CC(C)(CN)Cc1ncnn1CC(C)C. The molecule has 16 heavy (non-hydrogen) atoms. The molecule has 0 spiro atoms. The Morgan fingerprint density at radius 2 is 2.31 bits per heavy atom. The van der Waals surface area contributed by atoms with Crippen molar-refractivity contribution >= 4 is 0 Å². The van der Waals surface area contributed by atoms with Crippen molar-refractivity contribution in [2.75, 3.05) is 6.54 Å². The van der Waals surface area contributed by atoms with Gasteiger partial charge < -0.3 is 5.73 Å². The molecule has 1 heterocycles. The van der Waals surface area contributed by atoms with Gasteiger partial charge in [-0.1, -0.05) is 26.8 Å². The quantitative estimate of drug-likeness (QED) is 0.744. The number of hydrogen-bond acceptors (Lipinski definition) is 3. The fourth-order valence-corrected chi connectivity index (χ4v) is 1.51. The van der Waals surface area contributed by atoms with Gasteiger partial charge in [0.15, 0.2) is 0 Å². The second kappa shape index (κ2) is 5.25. The van der Waals surface area contributed by atoms with Crippen molar-refractivity contribution in [1.29, 1.82) is 0 Å². The fraction of sp³-hybridized carbons (Fsp3) is 0.667. The van der Waals surface area contributed by atoms with Crippen LogP contribution in [0.5, 0.6) is 0 Å². The zero-order chi connectivity index (χ0) is 12.2. The van der Waals surface area contributed by atoms with Crippen molar-refractivity contribution in [2.24, 2.45) is 17.1 Å².